The molecule has 23 heavy (non-hydrogen) atoms. The number of ether oxygens (including phenoxy) is 1. The van der Waals surface area contributed by atoms with Crippen molar-refractivity contribution < 1.29 is 9.53 Å². The number of rotatable bonds is 7. The van der Waals surface area contributed by atoms with Crippen LogP contribution in [-0.4, -0.2) is 37.2 Å². The van der Waals surface area contributed by atoms with Crippen LogP contribution in [0.15, 0.2) is 30.3 Å². The maximum atomic E-state index is 11.9. The molecule has 5 heteroatoms. The number of hydrogen-bond donors (Lipinski definition) is 3. The van der Waals surface area contributed by atoms with Gasteiger partial charge in [0.1, 0.15) is 0 Å². The van der Waals surface area contributed by atoms with Gasteiger partial charge in [0.25, 0.3) is 0 Å². The summed E-state index contributed by atoms with van der Waals surface area (Å²) in [6, 6.07) is 10.5. The summed E-state index contributed by atoms with van der Waals surface area (Å²) in [4.78, 5) is 11.9. The molecule has 1 amide bonds. The Bertz CT molecular complexity index is 484. The molecule has 1 aromatic carbocycles. The zero-order chi connectivity index (χ0) is 16.7. The van der Waals surface area contributed by atoms with Crippen LogP contribution < -0.4 is 16.4 Å². The third-order valence-corrected chi connectivity index (χ3v) is 4.40. The number of nitrogens with two attached hydrogens (primary N) is 1. The Balaban J connectivity index is 1.99. The zero-order valence-electron chi connectivity index (χ0n) is 14.2. The lowest BCUT2D eigenvalue weighted by Gasteiger charge is -2.40. The lowest BCUT2D eigenvalue weighted by Crippen LogP contribution is -2.57. The zero-order valence-corrected chi connectivity index (χ0v) is 14.2. The summed E-state index contributed by atoms with van der Waals surface area (Å²) in [6.07, 6.45) is 2.14. The Morgan fingerprint density at radius 3 is 2.52 bits per heavy atom. The lowest BCUT2D eigenvalue weighted by atomic mass is 9.88. The lowest BCUT2D eigenvalue weighted by molar-refractivity contribution is -0.122. The van der Waals surface area contributed by atoms with Gasteiger partial charge in [0.05, 0.1) is 0 Å². The number of carbonyl (C=O) groups is 1. The standard InChI is InChI=1S/C18H29N3O2/c1-14(19)12-17(22)20-13-18(8-10-23-11-9-18)21-15(2)16-6-4-3-5-7-16/h3-7,14-15,21H,8-13,19H2,1-2H3,(H,20,22). The molecule has 1 saturated heterocycles. The molecule has 0 aromatic heterocycles. The Hall–Kier alpha value is -1.43. The van der Waals surface area contributed by atoms with Crippen LogP contribution in [-0.2, 0) is 9.53 Å². The molecule has 2 atom stereocenters. The Morgan fingerprint density at radius 1 is 1.26 bits per heavy atom. The van der Waals surface area contributed by atoms with E-state index in [1.54, 1.807) is 0 Å². The fraction of sp³-hybridized carbons (Fsp3) is 0.611. The second kappa shape index (κ2) is 8.43. The molecule has 0 saturated carbocycles. The van der Waals surface area contributed by atoms with Gasteiger partial charge in [-0.3, -0.25) is 4.79 Å². The third-order valence-electron chi connectivity index (χ3n) is 4.40. The van der Waals surface area contributed by atoms with Crippen LogP contribution >= 0.6 is 0 Å². The molecule has 0 bridgehead atoms. The molecule has 4 N–H and O–H groups in total. The Kier molecular flexibility index (Phi) is 6.57. The van der Waals surface area contributed by atoms with E-state index in [2.05, 4.69) is 41.8 Å². The highest BCUT2D eigenvalue weighted by molar-refractivity contribution is 5.76. The van der Waals surface area contributed by atoms with E-state index in [9.17, 15) is 4.79 Å². The second-order valence-electron chi connectivity index (χ2n) is 6.63. The van der Waals surface area contributed by atoms with E-state index in [0.717, 1.165) is 26.1 Å². The van der Waals surface area contributed by atoms with Crippen LogP contribution in [0, 0.1) is 0 Å². The van der Waals surface area contributed by atoms with Gasteiger partial charge < -0.3 is 21.1 Å². The van der Waals surface area contributed by atoms with Crippen LogP contribution in [0.1, 0.15) is 44.7 Å². The molecule has 0 radical (unpaired) electrons. The quantitative estimate of drug-likeness (QED) is 0.715. The van der Waals surface area contributed by atoms with E-state index in [4.69, 9.17) is 10.5 Å². The van der Waals surface area contributed by atoms with Crippen molar-refractivity contribution in [2.24, 2.45) is 5.73 Å². The van der Waals surface area contributed by atoms with Crippen molar-refractivity contribution in [1.82, 2.24) is 10.6 Å². The molecular formula is C18H29N3O2. The number of carbonyl (C=O) groups excluding carboxylic acids is 1. The van der Waals surface area contributed by atoms with Gasteiger partial charge in [0, 0.05) is 43.8 Å². The van der Waals surface area contributed by atoms with Crippen LogP contribution in [0.5, 0.6) is 0 Å². The smallest absolute Gasteiger partial charge is 0.221 e. The van der Waals surface area contributed by atoms with E-state index in [-0.39, 0.29) is 23.5 Å². The summed E-state index contributed by atoms with van der Waals surface area (Å²) in [7, 11) is 0. The minimum absolute atomic E-state index is 0.0139. The highest BCUT2D eigenvalue weighted by Gasteiger charge is 2.34. The van der Waals surface area contributed by atoms with Crippen molar-refractivity contribution in [2.75, 3.05) is 19.8 Å². The summed E-state index contributed by atoms with van der Waals surface area (Å²) in [5.41, 5.74) is 6.82. The first-order chi connectivity index (χ1) is 11.0. The summed E-state index contributed by atoms with van der Waals surface area (Å²) in [6.45, 7) is 6.06. The highest BCUT2D eigenvalue weighted by atomic mass is 16.5. The molecule has 5 nitrogen and oxygen atoms in total. The van der Waals surface area contributed by atoms with Crippen molar-refractivity contribution in [1.29, 1.82) is 0 Å². The summed E-state index contributed by atoms with van der Waals surface area (Å²) < 4.78 is 5.51. The van der Waals surface area contributed by atoms with Gasteiger partial charge in [0.2, 0.25) is 5.91 Å². The Labute approximate surface area is 139 Å². The average Bonchev–Trinajstić information content (AvgIpc) is 2.54. The fourth-order valence-corrected chi connectivity index (χ4v) is 3.05. The molecule has 0 aliphatic carbocycles. The minimum atomic E-state index is -0.124. The minimum Gasteiger partial charge on any atom is -0.381 e. The van der Waals surface area contributed by atoms with Crippen molar-refractivity contribution in [3.63, 3.8) is 0 Å². The van der Waals surface area contributed by atoms with Crippen LogP contribution in [0.3, 0.4) is 0 Å². The maximum absolute atomic E-state index is 11.9. The largest absolute Gasteiger partial charge is 0.381 e. The fourth-order valence-electron chi connectivity index (χ4n) is 3.05. The third kappa shape index (κ3) is 5.61. The highest BCUT2D eigenvalue weighted by Crippen LogP contribution is 2.25. The van der Waals surface area contributed by atoms with Crippen LogP contribution in [0.25, 0.3) is 0 Å². The predicted octanol–water partition coefficient (Wildman–Crippen LogP) is 1.74. The molecule has 1 heterocycles. The first-order valence-electron chi connectivity index (χ1n) is 8.43. The topological polar surface area (TPSA) is 76.4 Å². The molecule has 128 valence electrons. The van der Waals surface area contributed by atoms with E-state index in [1.165, 1.54) is 5.56 Å². The normalized spacial score (nSPS) is 19.8. The number of nitrogens with one attached hydrogen (secondary N) is 2. The summed E-state index contributed by atoms with van der Waals surface area (Å²) in [5.74, 6) is 0.0139. The van der Waals surface area contributed by atoms with Gasteiger partial charge in [-0.05, 0) is 32.3 Å². The molecule has 1 aliphatic heterocycles. The first-order valence-corrected chi connectivity index (χ1v) is 8.43. The summed E-state index contributed by atoms with van der Waals surface area (Å²) >= 11 is 0. The van der Waals surface area contributed by atoms with Crippen molar-refractivity contribution in [3.05, 3.63) is 35.9 Å². The molecule has 0 spiro atoms. The molecule has 1 aromatic rings. The van der Waals surface area contributed by atoms with Gasteiger partial charge in [0.15, 0.2) is 0 Å². The Morgan fingerprint density at radius 2 is 1.91 bits per heavy atom. The molecule has 2 rings (SSSR count). The number of amides is 1. The number of hydrogen-bond acceptors (Lipinski definition) is 4. The average molecular weight is 319 g/mol. The summed E-state index contributed by atoms with van der Waals surface area (Å²) in [5, 5.41) is 6.78. The SMILES string of the molecule is CC(N)CC(=O)NCC1(NC(C)c2ccccc2)CCOCC1. The van der Waals surface area contributed by atoms with E-state index in [0.29, 0.717) is 13.0 Å². The number of benzene rings is 1. The molecule has 1 fully saturated rings. The van der Waals surface area contributed by atoms with E-state index < -0.39 is 0 Å². The van der Waals surface area contributed by atoms with Gasteiger partial charge in [-0.2, -0.15) is 0 Å². The van der Waals surface area contributed by atoms with Crippen molar-refractivity contribution in [3.8, 4) is 0 Å². The van der Waals surface area contributed by atoms with Gasteiger partial charge >= 0.3 is 0 Å². The van der Waals surface area contributed by atoms with Crippen LogP contribution in [0.2, 0.25) is 0 Å². The van der Waals surface area contributed by atoms with Crippen molar-refractivity contribution in [2.45, 2.75) is 50.7 Å². The van der Waals surface area contributed by atoms with E-state index in [1.807, 2.05) is 13.0 Å². The van der Waals surface area contributed by atoms with Crippen LogP contribution in [0.4, 0.5) is 0 Å². The molecule has 1 aliphatic rings. The predicted molar refractivity (Wildman–Crippen MR) is 92.1 cm³/mol. The monoisotopic (exact) mass is 319 g/mol. The second-order valence-corrected chi connectivity index (χ2v) is 6.63. The molecular weight excluding hydrogens is 290 g/mol. The van der Waals surface area contributed by atoms with Crippen molar-refractivity contribution >= 4 is 5.91 Å². The van der Waals surface area contributed by atoms with Gasteiger partial charge in [-0.25, -0.2) is 0 Å². The van der Waals surface area contributed by atoms with Gasteiger partial charge in [-0.1, -0.05) is 30.3 Å². The van der Waals surface area contributed by atoms with Gasteiger partial charge in [-0.15, -0.1) is 0 Å². The van der Waals surface area contributed by atoms with E-state index >= 15 is 0 Å². The maximum Gasteiger partial charge on any atom is 0.221 e. The first kappa shape index (κ1) is 17.9. The molecule has 2 unspecified atom stereocenters.